The Kier molecular flexibility index (Phi) is 4.48. The Morgan fingerprint density at radius 1 is 1.35 bits per heavy atom. The molecule has 2 rings (SSSR count). The van der Waals surface area contributed by atoms with E-state index >= 15 is 0 Å². The van der Waals surface area contributed by atoms with E-state index in [4.69, 9.17) is 0 Å². The van der Waals surface area contributed by atoms with Gasteiger partial charge >= 0.3 is 6.18 Å². The number of alkyl halides is 3. The molecule has 0 aliphatic carbocycles. The molecule has 0 spiro atoms. The summed E-state index contributed by atoms with van der Waals surface area (Å²) in [5, 5.41) is 3.18. The maximum atomic E-state index is 12.7. The summed E-state index contributed by atoms with van der Waals surface area (Å²) in [4.78, 5) is 11.9. The summed E-state index contributed by atoms with van der Waals surface area (Å²) in [6.07, 6.45) is -2.86. The molecule has 1 fully saturated rings. The van der Waals surface area contributed by atoms with E-state index in [1.165, 1.54) is 0 Å². The van der Waals surface area contributed by atoms with Crippen molar-refractivity contribution in [1.82, 2.24) is 5.32 Å². The van der Waals surface area contributed by atoms with Crippen LogP contribution in [-0.2, 0) is 17.4 Å². The highest BCUT2D eigenvalue weighted by Gasteiger charge is 2.31. The third-order valence-corrected chi connectivity index (χ3v) is 3.54. The topological polar surface area (TPSA) is 29.1 Å². The van der Waals surface area contributed by atoms with Gasteiger partial charge in [-0.3, -0.25) is 4.79 Å². The molecule has 0 aromatic heterocycles. The number of benzene rings is 1. The maximum absolute atomic E-state index is 12.7. The van der Waals surface area contributed by atoms with Crippen LogP contribution in [0.2, 0.25) is 0 Å². The van der Waals surface area contributed by atoms with Crippen molar-refractivity contribution in [1.29, 1.82) is 0 Å². The predicted octanol–water partition coefficient (Wildman–Crippen LogP) is 3.13. The SMILES string of the molecule is Cc1cc(CC(=O)CC2CCNC2)cc(C(F)(F)F)c1. The molecule has 0 bridgehead atoms. The van der Waals surface area contributed by atoms with E-state index in [-0.39, 0.29) is 12.2 Å². The second kappa shape index (κ2) is 5.95. The molecular formula is C15H18F3NO. The van der Waals surface area contributed by atoms with E-state index in [9.17, 15) is 18.0 Å². The zero-order chi connectivity index (χ0) is 14.8. The molecule has 0 radical (unpaired) electrons. The van der Waals surface area contributed by atoms with Crippen LogP contribution in [-0.4, -0.2) is 18.9 Å². The molecule has 1 aliphatic heterocycles. The zero-order valence-electron chi connectivity index (χ0n) is 11.4. The predicted molar refractivity (Wildman–Crippen MR) is 70.5 cm³/mol. The molecule has 110 valence electrons. The monoisotopic (exact) mass is 285 g/mol. The first-order valence-electron chi connectivity index (χ1n) is 6.75. The summed E-state index contributed by atoms with van der Waals surface area (Å²) in [5.74, 6) is 0.340. The van der Waals surface area contributed by atoms with Crippen molar-refractivity contribution in [2.24, 2.45) is 5.92 Å². The van der Waals surface area contributed by atoms with Gasteiger partial charge in [-0.05, 0) is 50.0 Å². The standard InChI is InChI=1S/C15H18F3NO/c1-10-4-12(6-13(5-10)15(16,17)18)8-14(20)7-11-2-3-19-9-11/h4-6,11,19H,2-3,7-9H2,1H3. The van der Waals surface area contributed by atoms with Gasteiger partial charge in [0.1, 0.15) is 5.78 Å². The summed E-state index contributed by atoms with van der Waals surface area (Å²) < 4.78 is 38.2. The smallest absolute Gasteiger partial charge is 0.316 e. The Bertz CT molecular complexity index is 490. The number of rotatable bonds is 4. The lowest BCUT2D eigenvalue weighted by atomic mass is 9.96. The zero-order valence-corrected chi connectivity index (χ0v) is 11.4. The Balaban J connectivity index is 2.04. The average molecular weight is 285 g/mol. The van der Waals surface area contributed by atoms with Crippen molar-refractivity contribution >= 4 is 5.78 Å². The molecule has 5 heteroatoms. The van der Waals surface area contributed by atoms with Gasteiger partial charge in [-0.25, -0.2) is 0 Å². The lowest BCUT2D eigenvalue weighted by molar-refractivity contribution is -0.137. The van der Waals surface area contributed by atoms with Crippen LogP contribution in [0.3, 0.4) is 0 Å². The van der Waals surface area contributed by atoms with Gasteiger partial charge in [0.05, 0.1) is 5.56 Å². The molecule has 2 nitrogen and oxygen atoms in total. The van der Waals surface area contributed by atoms with Crippen LogP contribution in [0, 0.1) is 12.8 Å². The Hall–Kier alpha value is -1.36. The first kappa shape index (κ1) is 15.0. The highest BCUT2D eigenvalue weighted by atomic mass is 19.4. The highest BCUT2D eigenvalue weighted by molar-refractivity contribution is 5.81. The lowest BCUT2D eigenvalue weighted by Gasteiger charge is -2.11. The van der Waals surface area contributed by atoms with E-state index < -0.39 is 11.7 Å². The number of carbonyl (C=O) groups excluding carboxylic acids is 1. The molecule has 1 unspecified atom stereocenters. The van der Waals surface area contributed by atoms with Crippen molar-refractivity contribution in [2.75, 3.05) is 13.1 Å². The largest absolute Gasteiger partial charge is 0.416 e. The van der Waals surface area contributed by atoms with Crippen molar-refractivity contribution in [2.45, 2.75) is 32.4 Å². The Morgan fingerprint density at radius 2 is 2.10 bits per heavy atom. The summed E-state index contributed by atoms with van der Waals surface area (Å²) >= 11 is 0. The highest BCUT2D eigenvalue weighted by Crippen LogP contribution is 2.30. The summed E-state index contributed by atoms with van der Waals surface area (Å²) in [7, 11) is 0. The van der Waals surface area contributed by atoms with Gasteiger partial charge in [0.15, 0.2) is 0 Å². The second-order valence-electron chi connectivity index (χ2n) is 5.48. The molecule has 1 heterocycles. The first-order valence-corrected chi connectivity index (χ1v) is 6.75. The van der Waals surface area contributed by atoms with Crippen LogP contribution in [0.25, 0.3) is 0 Å². The minimum Gasteiger partial charge on any atom is -0.316 e. The van der Waals surface area contributed by atoms with Gasteiger partial charge in [0.2, 0.25) is 0 Å². The van der Waals surface area contributed by atoms with Crippen LogP contribution in [0.4, 0.5) is 13.2 Å². The summed E-state index contributed by atoms with van der Waals surface area (Å²) in [6, 6.07) is 3.84. The van der Waals surface area contributed by atoms with Crippen LogP contribution in [0.1, 0.15) is 29.5 Å². The van der Waals surface area contributed by atoms with E-state index in [0.29, 0.717) is 23.5 Å². The fourth-order valence-corrected chi connectivity index (χ4v) is 2.64. The van der Waals surface area contributed by atoms with Crippen molar-refractivity contribution in [3.63, 3.8) is 0 Å². The summed E-state index contributed by atoms with van der Waals surface area (Å²) in [6.45, 7) is 3.36. The number of halogens is 3. The van der Waals surface area contributed by atoms with Crippen LogP contribution in [0.15, 0.2) is 18.2 Å². The van der Waals surface area contributed by atoms with Crippen molar-refractivity contribution in [3.8, 4) is 0 Å². The van der Waals surface area contributed by atoms with Gasteiger partial charge in [-0.2, -0.15) is 13.2 Å². The van der Waals surface area contributed by atoms with E-state index in [0.717, 1.165) is 31.6 Å². The number of Topliss-reactive ketones (excluding diaryl/α,β-unsaturated/α-hetero) is 1. The Labute approximate surface area is 116 Å². The Morgan fingerprint density at radius 3 is 2.70 bits per heavy atom. The molecule has 0 amide bonds. The van der Waals surface area contributed by atoms with Gasteiger partial charge in [0, 0.05) is 12.8 Å². The van der Waals surface area contributed by atoms with Crippen molar-refractivity contribution in [3.05, 3.63) is 34.9 Å². The quantitative estimate of drug-likeness (QED) is 0.921. The molecule has 1 saturated heterocycles. The number of aryl methyl sites for hydroxylation is 1. The first-order chi connectivity index (χ1) is 9.34. The molecule has 1 N–H and O–H groups in total. The average Bonchev–Trinajstić information content (AvgIpc) is 2.79. The number of hydrogen-bond acceptors (Lipinski definition) is 2. The number of nitrogens with one attached hydrogen (secondary N) is 1. The normalized spacial score (nSPS) is 19.3. The minimum atomic E-state index is -4.36. The van der Waals surface area contributed by atoms with Gasteiger partial charge in [-0.15, -0.1) is 0 Å². The lowest BCUT2D eigenvalue weighted by Crippen LogP contribution is -2.14. The molecular weight excluding hydrogens is 267 g/mol. The van der Waals surface area contributed by atoms with Crippen LogP contribution >= 0.6 is 0 Å². The molecule has 1 atom stereocenters. The van der Waals surface area contributed by atoms with E-state index in [1.54, 1.807) is 13.0 Å². The number of hydrogen-bond donors (Lipinski definition) is 1. The van der Waals surface area contributed by atoms with E-state index in [1.807, 2.05) is 0 Å². The number of carbonyl (C=O) groups is 1. The fraction of sp³-hybridized carbons (Fsp3) is 0.533. The fourth-order valence-electron chi connectivity index (χ4n) is 2.64. The van der Waals surface area contributed by atoms with Gasteiger partial charge in [-0.1, -0.05) is 11.6 Å². The van der Waals surface area contributed by atoms with E-state index in [2.05, 4.69) is 5.32 Å². The maximum Gasteiger partial charge on any atom is 0.416 e. The molecule has 0 saturated carbocycles. The van der Waals surface area contributed by atoms with Crippen molar-refractivity contribution < 1.29 is 18.0 Å². The summed E-state index contributed by atoms with van der Waals surface area (Å²) in [5.41, 5.74) is 0.307. The molecule has 1 aromatic carbocycles. The van der Waals surface area contributed by atoms with Gasteiger partial charge < -0.3 is 5.32 Å². The van der Waals surface area contributed by atoms with Gasteiger partial charge in [0.25, 0.3) is 0 Å². The third kappa shape index (κ3) is 4.07. The second-order valence-corrected chi connectivity index (χ2v) is 5.48. The molecule has 1 aliphatic rings. The molecule has 1 aromatic rings. The molecule has 20 heavy (non-hydrogen) atoms. The van der Waals surface area contributed by atoms with Crippen LogP contribution in [0.5, 0.6) is 0 Å². The minimum absolute atomic E-state index is 0.0115. The van der Waals surface area contributed by atoms with Crippen LogP contribution < -0.4 is 5.32 Å². The third-order valence-electron chi connectivity index (χ3n) is 3.54. The number of ketones is 1.